The molecule has 0 aromatic carbocycles. The minimum atomic E-state index is 0.172. The number of hydrogen-bond acceptors (Lipinski definition) is 2. The molecule has 0 atom stereocenters. The fraction of sp³-hybridized carbons (Fsp3) is 0.889. The Morgan fingerprint density at radius 2 is 2.08 bits per heavy atom. The molecule has 0 rings (SSSR count). The predicted octanol–water partition coefficient (Wildman–Crippen LogP) is 0.853. The van der Waals surface area contributed by atoms with Gasteiger partial charge in [-0.1, -0.05) is 20.8 Å². The number of likely N-dealkylation sites (N-methyl/N-ethyl adjacent to an activating group) is 1. The maximum atomic E-state index is 11.3. The zero-order valence-electron chi connectivity index (χ0n) is 8.55. The molecule has 0 aromatic heterocycles. The van der Waals surface area contributed by atoms with Gasteiger partial charge in [-0.25, -0.2) is 0 Å². The van der Waals surface area contributed by atoms with Gasteiger partial charge in [0.1, 0.15) is 0 Å². The van der Waals surface area contributed by atoms with Crippen LogP contribution in [0, 0.1) is 0 Å². The topological polar surface area (TPSA) is 32.3 Å². The maximum Gasteiger partial charge on any atom is 0.236 e. The van der Waals surface area contributed by atoms with Gasteiger partial charge >= 0.3 is 0 Å². The molecule has 0 saturated carbocycles. The average Bonchev–Trinajstić information content (AvgIpc) is 2.00. The van der Waals surface area contributed by atoms with E-state index in [2.05, 4.69) is 12.2 Å². The van der Waals surface area contributed by atoms with Gasteiger partial charge in [0.15, 0.2) is 0 Å². The first kappa shape index (κ1) is 11.4. The Labute approximate surface area is 75.1 Å². The first-order chi connectivity index (χ1) is 5.57. The monoisotopic (exact) mass is 172 g/mol. The SMILES string of the molecule is CCCN(C)C(=O)CNC(C)C. The molecule has 3 nitrogen and oxygen atoms in total. The largest absolute Gasteiger partial charge is 0.345 e. The van der Waals surface area contributed by atoms with Crippen LogP contribution >= 0.6 is 0 Å². The smallest absolute Gasteiger partial charge is 0.236 e. The summed E-state index contributed by atoms with van der Waals surface area (Å²) in [5.41, 5.74) is 0. The molecule has 1 N–H and O–H groups in total. The molecule has 0 aliphatic rings. The van der Waals surface area contributed by atoms with Gasteiger partial charge in [-0.05, 0) is 6.42 Å². The van der Waals surface area contributed by atoms with Crippen molar-refractivity contribution in [2.45, 2.75) is 33.2 Å². The molecule has 1 amide bonds. The van der Waals surface area contributed by atoms with E-state index in [4.69, 9.17) is 0 Å². The van der Waals surface area contributed by atoms with Crippen LogP contribution in [0.5, 0.6) is 0 Å². The first-order valence-corrected chi connectivity index (χ1v) is 4.55. The van der Waals surface area contributed by atoms with Crippen LogP contribution in [0.25, 0.3) is 0 Å². The number of nitrogens with zero attached hydrogens (tertiary/aromatic N) is 1. The molecule has 0 spiro atoms. The lowest BCUT2D eigenvalue weighted by molar-refractivity contribution is -0.129. The van der Waals surface area contributed by atoms with Crippen molar-refractivity contribution in [3.63, 3.8) is 0 Å². The van der Waals surface area contributed by atoms with E-state index in [0.717, 1.165) is 13.0 Å². The predicted molar refractivity (Wildman–Crippen MR) is 51.1 cm³/mol. The molecular weight excluding hydrogens is 152 g/mol. The Balaban J connectivity index is 3.57. The van der Waals surface area contributed by atoms with Crippen molar-refractivity contribution in [2.24, 2.45) is 0 Å². The lowest BCUT2D eigenvalue weighted by Gasteiger charge is -2.17. The molecular formula is C9H20N2O. The van der Waals surface area contributed by atoms with E-state index in [-0.39, 0.29) is 5.91 Å². The van der Waals surface area contributed by atoms with Crippen molar-refractivity contribution < 1.29 is 4.79 Å². The van der Waals surface area contributed by atoms with Gasteiger partial charge in [0.05, 0.1) is 6.54 Å². The fourth-order valence-corrected chi connectivity index (χ4v) is 0.887. The zero-order chi connectivity index (χ0) is 9.56. The molecule has 72 valence electrons. The van der Waals surface area contributed by atoms with Gasteiger partial charge in [-0.15, -0.1) is 0 Å². The van der Waals surface area contributed by atoms with E-state index in [1.165, 1.54) is 0 Å². The molecule has 0 aliphatic carbocycles. The summed E-state index contributed by atoms with van der Waals surface area (Å²) >= 11 is 0. The fourth-order valence-electron chi connectivity index (χ4n) is 0.887. The van der Waals surface area contributed by atoms with Gasteiger partial charge in [-0.2, -0.15) is 0 Å². The van der Waals surface area contributed by atoms with Crippen molar-refractivity contribution in [3.8, 4) is 0 Å². The summed E-state index contributed by atoms with van der Waals surface area (Å²) in [6.45, 7) is 7.44. The molecule has 0 unspecified atom stereocenters. The van der Waals surface area contributed by atoms with Crippen LogP contribution in [0.1, 0.15) is 27.2 Å². The quantitative estimate of drug-likeness (QED) is 0.667. The van der Waals surface area contributed by atoms with Crippen molar-refractivity contribution in [1.82, 2.24) is 10.2 Å². The van der Waals surface area contributed by atoms with Crippen LogP contribution in [0.3, 0.4) is 0 Å². The Morgan fingerprint density at radius 1 is 1.50 bits per heavy atom. The number of rotatable bonds is 5. The molecule has 0 aromatic rings. The van der Waals surface area contributed by atoms with Crippen LogP contribution in [0.2, 0.25) is 0 Å². The Kier molecular flexibility index (Phi) is 5.72. The van der Waals surface area contributed by atoms with Crippen LogP contribution in [0.4, 0.5) is 0 Å². The molecule has 0 saturated heterocycles. The highest BCUT2D eigenvalue weighted by atomic mass is 16.2. The summed E-state index contributed by atoms with van der Waals surface area (Å²) in [7, 11) is 1.84. The van der Waals surface area contributed by atoms with Crippen molar-refractivity contribution in [2.75, 3.05) is 20.1 Å². The minimum Gasteiger partial charge on any atom is -0.345 e. The zero-order valence-corrected chi connectivity index (χ0v) is 8.55. The van der Waals surface area contributed by atoms with Crippen molar-refractivity contribution in [3.05, 3.63) is 0 Å². The van der Waals surface area contributed by atoms with E-state index in [0.29, 0.717) is 12.6 Å². The number of carbonyl (C=O) groups excluding carboxylic acids is 1. The average molecular weight is 172 g/mol. The summed E-state index contributed by atoms with van der Waals surface area (Å²) in [6.07, 6.45) is 1.02. The first-order valence-electron chi connectivity index (χ1n) is 4.55. The lowest BCUT2D eigenvalue weighted by atomic mass is 10.3. The highest BCUT2D eigenvalue weighted by Gasteiger charge is 2.06. The normalized spacial score (nSPS) is 10.4. The lowest BCUT2D eigenvalue weighted by Crippen LogP contribution is -2.38. The van der Waals surface area contributed by atoms with Crippen LogP contribution in [-0.4, -0.2) is 37.0 Å². The molecule has 12 heavy (non-hydrogen) atoms. The van der Waals surface area contributed by atoms with Gasteiger partial charge in [-0.3, -0.25) is 4.79 Å². The van der Waals surface area contributed by atoms with E-state index in [9.17, 15) is 4.79 Å². The summed E-state index contributed by atoms with van der Waals surface area (Å²) in [5.74, 6) is 0.172. The second-order valence-corrected chi connectivity index (χ2v) is 3.35. The number of amides is 1. The molecule has 0 bridgehead atoms. The summed E-state index contributed by atoms with van der Waals surface area (Å²) in [4.78, 5) is 13.1. The van der Waals surface area contributed by atoms with Gasteiger partial charge in [0, 0.05) is 19.6 Å². The van der Waals surface area contributed by atoms with Gasteiger partial charge in [0.25, 0.3) is 0 Å². The molecule has 0 radical (unpaired) electrons. The maximum absolute atomic E-state index is 11.3. The molecule has 0 heterocycles. The third-order valence-electron chi connectivity index (χ3n) is 1.65. The standard InChI is InChI=1S/C9H20N2O/c1-5-6-11(4)9(12)7-10-8(2)3/h8,10H,5-7H2,1-4H3. The van der Waals surface area contributed by atoms with Gasteiger partial charge < -0.3 is 10.2 Å². The second-order valence-electron chi connectivity index (χ2n) is 3.35. The Morgan fingerprint density at radius 3 is 2.50 bits per heavy atom. The molecule has 0 fully saturated rings. The summed E-state index contributed by atoms with van der Waals surface area (Å²) < 4.78 is 0. The van der Waals surface area contributed by atoms with Gasteiger partial charge in [0.2, 0.25) is 5.91 Å². The van der Waals surface area contributed by atoms with E-state index >= 15 is 0 Å². The Bertz CT molecular complexity index is 134. The molecule has 3 heteroatoms. The highest BCUT2D eigenvalue weighted by molar-refractivity contribution is 5.77. The van der Waals surface area contributed by atoms with E-state index in [1.54, 1.807) is 4.90 Å². The summed E-state index contributed by atoms with van der Waals surface area (Å²) in [5, 5.41) is 3.09. The van der Waals surface area contributed by atoms with Crippen molar-refractivity contribution in [1.29, 1.82) is 0 Å². The van der Waals surface area contributed by atoms with Crippen LogP contribution < -0.4 is 5.32 Å². The third-order valence-corrected chi connectivity index (χ3v) is 1.65. The minimum absolute atomic E-state index is 0.172. The highest BCUT2D eigenvalue weighted by Crippen LogP contribution is 1.87. The molecule has 0 aliphatic heterocycles. The second kappa shape index (κ2) is 6.00. The van der Waals surface area contributed by atoms with E-state index in [1.807, 2.05) is 20.9 Å². The number of hydrogen-bond donors (Lipinski definition) is 1. The summed E-state index contributed by atoms with van der Waals surface area (Å²) in [6, 6.07) is 0.379. The van der Waals surface area contributed by atoms with E-state index < -0.39 is 0 Å². The number of nitrogens with one attached hydrogen (secondary N) is 1. The number of carbonyl (C=O) groups is 1. The van der Waals surface area contributed by atoms with Crippen LogP contribution in [0.15, 0.2) is 0 Å². The van der Waals surface area contributed by atoms with Crippen molar-refractivity contribution >= 4 is 5.91 Å². The Hall–Kier alpha value is -0.570. The third kappa shape index (κ3) is 5.13. The van der Waals surface area contributed by atoms with Crippen LogP contribution in [-0.2, 0) is 4.79 Å².